The fraction of sp³-hybridized carbons (Fsp3) is 0.462. The van der Waals surface area contributed by atoms with Crippen LogP contribution >= 0.6 is 0 Å². The van der Waals surface area contributed by atoms with Gasteiger partial charge in [-0.05, 0) is 24.0 Å². The second kappa shape index (κ2) is 5.58. The first-order valence-corrected chi connectivity index (χ1v) is 5.29. The molecule has 1 nitrogen and oxygen atoms in total. The lowest BCUT2D eigenvalue weighted by molar-refractivity contribution is 0.578. The van der Waals surface area contributed by atoms with E-state index >= 15 is 0 Å². The molecule has 0 spiro atoms. The number of hydrogen-bond donors (Lipinski definition) is 0. The van der Waals surface area contributed by atoms with Crippen LogP contribution in [-0.2, 0) is 0 Å². The minimum Gasteiger partial charge on any atom is -0.292 e. The molecule has 1 rings (SSSR count). The Labute approximate surface area is 86.9 Å². The Morgan fingerprint density at radius 1 is 1.36 bits per heavy atom. The molecule has 0 unspecified atom stereocenters. The van der Waals surface area contributed by atoms with Gasteiger partial charge in [-0.3, -0.25) is 4.99 Å². The molecule has 14 heavy (non-hydrogen) atoms. The van der Waals surface area contributed by atoms with Crippen molar-refractivity contribution in [1.29, 1.82) is 0 Å². The first-order chi connectivity index (χ1) is 6.74. The Morgan fingerprint density at radius 3 is 2.71 bits per heavy atom. The summed E-state index contributed by atoms with van der Waals surface area (Å²) in [6.45, 7) is 7.48. The molecule has 0 aliphatic rings. The van der Waals surface area contributed by atoms with Crippen molar-refractivity contribution in [3.05, 3.63) is 35.4 Å². The Balaban J connectivity index is 2.56. The zero-order valence-electron chi connectivity index (χ0n) is 9.33. The molecule has 0 radical (unpaired) electrons. The molecule has 1 aromatic carbocycles. The number of aliphatic imine (C=N–C) groups is 1. The summed E-state index contributed by atoms with van der Waals surface area (Å²) in [6, 6.07) is 8.33. The fourth-order valence-electron chi connectivity index (χ4n) is 1.19. The monoisotopic (exact) mass is 189 g/mol. The van der Waals surface area contributed by atoms with E-state index in [0.29, 0.717) is 5.92 Å². The molecule has 0 aliphatic carbocycles. The highest BCUT2D eigenvalue weighted by Crippen LogP contribution is 2.05. The molecule has 0 fully saturated rings. The molecule has 0 heterocycles. The van der Waals surface area contributed by atoms with E-state index in [9.17, 15) is 0 Å². The molecule has 0 aliphatic heterocycles. The zero-order chi connectivity index (χ0) is 10.4. The number of nitrogens with zero attached hydrogens (tertiary/aromatic N) is 1. The van der Waals surface area contributed by atoms with E-state index in [0.717, 1.165) is 6.54 Å². The quantitative estimate of drug-likeness (QED) is 0.643. The van der Waals surface area contributed by atoms with Gasteiger partial charge >= 0.3 is 0 Å². The van der Waals surface area contributed by atoms with Gasteiger partial charge in [0.15, 0.2) is 0 Å². The molecule has 0 amide bonds. The van der Waals surface area contributed by atoms with Crippen molar-refractivity contribution in [3.8, 4) is 0 Å². The molecule has 1 aromatic rings. The lowest BCUT2D eigenvalue weighted by Gasteiger charge is -2.03. The Bertz CT molecular complexity index is 302. The Hall–Kier alpha value is -1.11. The van der Waals surface area contributed by atoms with Gasteiger partial charge in [0.2, 0.25) is 0 Å². The van der Waals surface area contributed by atoms with Gasteiger partial charge < -0.3 is 0 Å². The van der Waals surface area contributed by atoms with Crippen LogP contribution in [0.1, 0.15) is 31.4 Å². The number of hydrogen-bond acceptors (Lipinski definition) is 1. The number of rotatable bonds is 4. The van der Waals surface area contributed by atoms with Crippen LogP contribution in [0.2, 0.25) is 0 Å². The van der Waals surface area contributed by atoms with E-state index in [1.807, 2.05) is 6.21 Å². The smallest absolute Gasteiger partial charge is 0.0415 e. The molecule has 76 valence electrons. The summed E-state index contributed by atoms with van der Waals surface area (Å²) in [6.07, 6.45) is 3.19. The summed E-state index contributed by atoms with van der Waals surface area (Å²) in [5, 5.41) is 0. The van der Waals surface area contributed by atoms with Crippen LogP contribution in [0.5, 0.6) is 0 Å². The third kappa shape index (κ3) is 3.33. The van der Waals surface area contributed by atoms with Gasteiger partial charge in [-0.25, -0.2) is 0 Å². The maximum absolute atomic E-state index is 4.45. The molecule has 1 atom stereocenters. The summed E-state index contributed by atoms with van der Waals surface area (Å²) in [5.74, 6) is 0.690. The normalized spacial score (nSPS) is 13.4. The van der Waals surface area contributed by atoms with Crippen LogP contribution in [0, 0.1) is 12.8 Å². The zero-order valence-corrected chi connectivity index (χ0v) is 9.33. The van der Waals surface area contributed by atoms with Gasteiger partial charge in [-0.1, -0.05) is 44.5 Å². The average molecular weight is 189 g/mol. The second-order valence-electron chi connectivity index (χ2n) is 3.86. The van der Waals surface area contributed by atoms with Crippen molar-refractivity contribution in [2.45, 2.75) is 27.2 Å². The van der Waals surface area contributed by atoms with Crippen LogP contribution in [0.3, 0.4) is 0 Å². The first kappa shape index (κ1) is 11.0. The maximum Gasteiger partial charge on any atom is 0.0415 e. The van der Waals surface area contributed by atoms with Gasteiger partial charge in [-0.2, -0.15) is 0 Å². The van der Waals surface area contributed by atoms with Crippen molar-refractivity contribution in [2.24, 2.45) is 10.9 Å². The molecule has 0 aromatic heterocycles. The van der Waals surface area contributed by atoms with Crippen molar-refractivity contribution in [3.63, 3.8) is 0 Å². The molecular weight excluding hydrogens is 170 g/mol. The van der Waals surface area contributed by atoms with Crippen molar-refractivity contribution >= 4 is 6.21 Å². The minimum atomic E-state index is 0.690. The topological polar surface area (TPSA) is 12.4 Å². The van der Waals surface area contributed by atoms with E-state index in [1.54, 1.807) is 0 Å². The number of benzene rings is 1. The van der Waals surface area contributed by atoms with Crippen LogP contribution in [-0.4, -0.2) is 12.8 Å². The second-order valence-corrected chi connectivity index (χ2v) is 3.86. The lowest BCUT2D eigenvalue weighted by atomic mass is 10.1. The standard InChI is InChI=1S/C13H19N/c1-4-11(2)9-14-10-13-8-6-5-7-12(13)3/h5-8,10-11H,4,9H2,1-3H3/b14-10-/t11-/m1/s1. The molecular formula is C13H19N. The van der Waals surface area contributed by atoms with Crippen molar-refractivity contribution < 1.29 is 0 Å². The van der Waals surface area contributed by atoms with E-state index in [2.05, 4.69) is 50.0 Å². The maximum atomic E-state index is 4.45. The van der Waals surface area contributed by atoms with E-state index in [-0.39, 0.29) is 0 Å². The SMILES string of the molecule is CC[C@@H](C)C/N=C\c1ccccc1C. The fourth-order valence-corrected chi connectivity index (χ4v) is 1.19. The van der Waals surface area contributed by atoms with Gasteiger partial charge in [0, 0.05) is 12.8 Å². The summed E-state index contributed by atoms with van der Waals surface area (Å²) in [7, 11) is 0. The first-order valence-electron chi connectivity index (χ1n) is 5.29. The van der Waals surface area contributed by atoms with Crippen molar-refractivity contribution in [2.75, 3.05) is 6.54 Å². The molecule has 1 heteroatoms. The van der Waals surface area contributed by atoms with Crippen molar-refractivity contribution in [1.82, 2.24) is 0 Å². The molecule has 0 saturated carbocycles. The average Bonchev–Trinajstić information content (AvgIpc) is 2.20. The molecule has 0 saturated heterocycles. The summed E-state index contributed by atoms with van der Waals surface area (Å²) >= 11 is 0. The Kier molecular flexibility index (Phi) is 4.37. The highest BCUT2D eigenvalue weighted by molar-refractivity contribution is 5.81. The summed E-state index contributed by atoms with van der Waals surface area (Å²) < 4.78 is 0. The molecule has 0 N–H and O–H groups in total. The van der Waals surface area contributed by atoms with E-state index in [4.69, 9.17) is 0 Å². The minimum absolute atomic E-state index is 0.690. The molecule has 0 bridgehead atoms. The van der Waals surface area contributed by atoms with Crippen LogP contribution < -0.4 is 0 Å². The van der Waals surface area contributed by atoms with Crippen LogP contribution in [0.15, 0.2) is 29.3 Å². The van der Waals surface area contributed by atoms with Gasteiger partial charge in [-0.15, -0.1) is 0 Å². The summed E-state index contributed by atoms with van der Waals surface area (Å²) in [5.41, 5.74) is 2.52. The highest BCUT2D eigenvalue weighted by Gasteiger charge is 1.95. The predicted molar refractivity (Wildman–Crippen MR) is 63.1 cm³/mol. The highest BCUT2D eigenvalue weighted by atomic mass is 14.7. The van der Waals surface area contributed by atoms with Gasteiger partial charge in [0.1, 0.15) is 0 Å². The van der Waals surface area contributed by atoms with Gasteiger partial charge in [0.05, 0.1) is 0 Å². The Morgan fingerprint density at radius 2 is 2.07 bits per heavy atom. The van der Waals surface area contributed by atoms with E-state index < -0.39 is 0 Å². The third-order valence-electron chi connectivity index (χ3n) is 2.53. The largest absolute Gasteiger partial charge is 0.292 e. The summed E-state index contributed by atoms with van der Waals surface area (Å²) in [4.78, 5) is 4.45. The third-order valence-corrected chi connectivity index (χ3v) is 2.53. The van der Waals surface area contributed by atoms with Crippen LogP contribution in [0.4, 0.5) is 0 Å². The van der Waals surface area contributed by atoms with E-state index in [1.165, 1.54) is 17.5 Å². The van der Waals surface area contributed by atoms with Gasteiger partial charge in [0.25, 0.3) is 0 Å². The lowest BCUT2D eigenvalue weighted by Crippen LogP contribution is -1.97. The predicted octanol–water partition coefficient (Wildman–Crippen LogP) is 3.46. The van der Waals surface area contributed by atoms with Crippen LogP contribution in [0.25, 0.3) is 0 Å². The number of aryl methyl sites for hydroxylation is 1.